The van der Waals surface area contributed by atoms with Gasteiger partial charge >= 0.3 is 11.5 Å². The van der Waals surface area contributed by atoms with Crippen LogP contribution in [0.2, 0.25) is 0 Å². The predicted octanol–water partition coefficient (Wildman–Crippen LogP) is 3.36. The molecule has 1 rings (SSSR count). The summed E-state index contributed by atoms with van der Waals surface area (Å²) in [4.78, 5) is 11.2. The zero-order valence-electron chi connectivity index (χ0n) is 10.6. The summed E-state index contributed by atoms with van der Waals surface area (Å²) in [5.41, 5.74) is -5.30. The molecule has 4 nitrogen and oxygen atoms in total. The van der Waals surface area contributed by atoms with Crippen LogP contribution in [0.1, 0.15) is 22.8 Å². The van der Waals surface area contributed by atoms with Crippen LogP contribution in [0.15, 0.2) is 17.0 Å². The number of thioether (sulfide) groups is 1. The summed E-state index contributed by atoms with van der Waals surface area (Å²) < 4.78 is 47.3. The minimum Gasteiger partial charge on any atom is -0.495 e. The van der Waals surface area contributed by atoms with Gasteiger partial charge in [0.15, 0.2) is 0 Å². The van der Waals surface area contributed by atoms with Gasteiger partial charge in [-0.1, -0.05) is 0 Å². The van der Waals surface area contributed by atoms with E-state index >= 15 is 0 Å². The number of hydrogen-bond acceptors (Lipinski definition) is 5. The van der Waals surface area contributed by atoms with Gasteiger partial charge in [-0.05, 0) is 30.8 Å². The first-order chi connectivity index (χ1) is 9.34. The fourth-order valence-corrected chi connectivity index (χ4v) is 2.17. The summed E-state index contributed by atoms with van der Waals surface area (Å²) >= 11 is -0.541. The lowest BCUT2D eigenvalue weighted by Crippen LogP contribution is -2.10. The summed E-state index contributed by atoms with van der Waals surface area (Å²) in [7, 11) is 1.22. The van der Waals surface area contributed by atoms with Gasteiger partial charge in [-0.15, -0.1) is 0 Å². The highest BCUT2D eigenvalue weighted by molar-refractivity contribution is 8.00. The molecule has 0 atom stereocenters. The number of esters is 1. The molecular formula is C12H10F3NO3S. The quantitative estimate of drug-likeness (QED) is 0.630. The van der Waals surface area contributed by atoms with Crippen molar-refractivity contribution in [3.63, 3.8) is 0 Å². The zero-order valence-corrected chi connectivity index (χ0v) is 11.4. The Labute approximate surface area is 117 Å². The van der Waals surface area contributed by atoms with Crippen molar-refractivity contribution in [1.82, 2.24) is 0 Å². The summed E-state index contributed by atoms with van der Waals surface area (Å²) in [5, 5.41) is 9.00. The molecule has 1 aromatic rings. The van der Waals surface area contributed by atoms with Crippen molar-refractivity contribution in [3.8, 4) is 11.8 Å². The predicted molar refractivity (Wildman–Crippen MR) is 65.6 cm³/mol. The monoisotopic (exact) mass is 305 g/mol. The molecule has 0 aliphatic heterocycles. The fourth-order valence-electron chi connectivity index (χ4n) is 1.43. The molecule has 108 valence electrons. The Morgan fingerprint density at radius 3 is 2.55 bits per heavy atom. The Morgan fingerprint density at radius 2 is 2.10 bits per heavy atom. The largest absolute Gasteiger partial charge is 0.495 e. The number of halogens is 3. The van der Waals surface area contributed by atoms with Crippen molar-refractivity contribution in [2.75, 3.05) is 13.7 Å². The van der Waals surface area contributed by atoms with Crippen molar-refractivity contribution in [1.29, 1.82) is 5.26 Å². The first kappa shape index (κ1) is 16.2. The Bertz CT molecular complexity index is 552. The third kappa shape index (κ3) is 3.81. The van der Waals surface area contributed by atoms with Crippen LogP contribution in [0.25, 0.3) is 0 Å². The molecule has 0 aromatic heterocycles. The van der Waals surface area contributed by atoms with Crippen LogP contribution in [0.4, 0.5) is 13.2 Å². The maximum Gasteiger partial charge on any atom is 0.446 e. The molecule has 0 bridgehead atoms. The van der Waals surface area contributed by atoms with Gasteiger partial charge in [0.2, 0.25) is 0 Å². The van der Waals surface area contributed by atoms with E-state index in [1.54, 1.807) is 6.07 Å². The van der Waals surface area contributed by atoms with Crippen molar-refractivity contribution in [3.05, 3.63) is 23.3 Å². The van der Waals surface area contributed by atoms with Crippen LogP contribution in [0.5, 0.6) is 5.75 Å². The number of rotatable bonds is 4. The maximum atomic E-state index is 12.6. The molecule has 0 N–H and O–H groups in total. The Balaban J connectivity index is 3.45. The van der Waals surface area contributed by atoms with Crippen molar-refractivity contribution < 1.29 is 27.4 Å². The van der Waals surface area contributed by atoms with E-state index in [0.29, 0.717) is 0 Å². The first-order valence-electron chi connectivity index (χ1n) is 5.38. The van der Waals surface area contributed by atoms with Crippen LogP contribution < -0.4 is 4.74 Å². The summed E-state index contributed by atoms with van der Waals surface area (Å²) in [6.45, 7) is 1.55. The van der Waals surface area contributed by atoms with E-state index in [1.165, 1.54) is 20.1 Å². The lowest BCUT2D eigenvalue weighted by atomic mass is 10.1. The van der Waals surface area contributed by atoms with Crippen LogP contribution in [0.3, 0.4) is 0 Å². The van der Waals surface area contributed by atoms with Gasteiger partial charge in [0.05, 0.1) is 24.2 Å². The summed E-state index contributed by atoms with van der Waals surface area (Å²) in [6.07, 6.45) is 0. The Kier molecular flexibility index (Phi) is 5.27. The van der Waals surface area contributed by atoms with Crippen LogP contribution in [-0.2, 0) is 4.74 Å². The highest BCUT2D eigenvalue weighted by atomic mass is 32.2. The Hall–Kier alpha value is -1.88. The average Bonchev–Trinajstić information content (AvgIpc) is 2.36. The molecule has 0 fully saturated rings. The van der Waals surface area contributed by atoms with Crippen molar-refractivity contribution in [2.45, 2.75) is 17.3 Å². The molecule has 0 heterocycles. The number of hydrogen-bond donors (Lipinski definition) is 0. The number of nitrogens with zero attached hydrogens (tertiary/aromatic N) is 1. The number of benzene rings is 1. The topological polar surface area (TPSA) is 59.3 Å². The first-order valence-corrected chi connectivity index (χ1v) is 6.19. The molecule has 20 heavy (non-hydrogen) atoms. The highest BCUT2D eigenvalue weighted by Crippen LogP contribution is 2.42. The highest BCUT2D eigenvalue weighted by Gasteiger charge is 2.34. The molecule has 0 aliphatic rings. The number of methoxy groups -OCH3 is 1. The number of ether oxygens (including phenoxy) is 2. The van der Waals surface area contributed by atoms with Gasteiger partial charge in [0.1, 0.15) is 17.4 Å². The normalized spacial score (nSPS) is 10.8. The van der Waals surface area contributed by atoms with Gasteiger partial charge in [-0.25, -0.2) is 4.79 Å². The minimum atomic E-state index is -4.64. The lowest BCUT2D eigenvalue weighted by molar-refractivity contribution is -0.0328. The van der Waals surface area contributed by atoms with Gasteiger partial charge in [0.25, 0.3) is 0 Å². The zero-order chi connectivity index (χ0) is 15.3. The van der Waals surface area contributed by atoms with E-state index in [0.717, 1.165) is 6.07 Å². The number of carbonyl (C=O) groups excluding carboxylic acids is 1. The van der Waals surface area contributed by atoms with Gasteiger partial charge in [-0.2, -0.15) is 18.4 Å². The summed E-state index contributed by atoms with van der Waals surface area (Å²) in [6, 6.07) is 4.02. The molecule has 0 saturated carbocycles. The lowest BCUT2D eigenvalue weighted by Gasteiger charge is -2.14. The Morgan fingerprint density at radius 1 is 1.45 bits per heavy atom. The standard InChI is InChI=1S/C12H10F3NO3S/c1-3-19-11(17)7-4-5-9(18-2)8(6-16)10(7)20-12(13,14)15/h4-5H,3H2,1-2H3. The number of carbonyl (C=O) groups is 1. The van der Waals surface area contributed by atoms with Crippen LogP contribution >= 0.6 is 11.8 Å². The molecule has 1 aromatic carbocycles. The second-order valence-corrected chi connectivity index (χ2v) is 4.47. The molecule has 0 unspecified atom stereocenters. The smallest absolute Gasteiger partial charge is 0.446 e. The van der Waals surface area contributed by atoms with E-state index in [1.807, 2.05) is 0 Å². The maximum absolute atomic E-state index is 12.6. The van der Waals surface area contributed by atoms with Crippen molar-refractivity contribution >= 4 is 17.7 Å². The van der Waals surface area contributed by atoms with E-state index < -0.39 is 28.1 Å². The third-order valence-corrected chi connectivity index (χ3v) is 3.02. The minimum absolute atomic E-state index is 0.0167. The number of alkyl halides is 3. The van der Waals surface area contributed by atoms with Crippen LogP contribution in [0, 0.1) is 11.3 Å². The molecule has 0 amide bonds. The van der Waals surface area contributed by atoms with Crippen molar-refractivity contribution in [2.24, 2.45) is 0 Å². The molecule has 0 radical (unpaired) electrons. The van der Waals surface area contributed by atoms with Gasteiger partial charge < -0.3 is 9.47 Å². The molecule has 0 aliphatic carbocycles. The summed E-state index contributed by atoms with van der Waals surface area (Å²) in [5.74, 6) is -0.953. The second kappa shape index (κ2) is 6.52. The van der Waals surface area contributed by atoms with E-state index in [-0.39, 0.29) is 23.5 Å². The van der Waals surface area contributed by atoms with E-state index in [4.69, 9.17) is 10.00 Å². The van der Waals surface area contributed by atoms with E-state index in [9.17, 15) is 18.0 Å². The number of nitriles is 1. The van der Waals surface area contributed by atoms with E-state index in [2.05, 4.69) is 4.74 Å². The van der Waals surface area contributed by atoms with Gasteiger partial charge in [0, 0.05) is 0 Å². The molecule has 0 saturated heterocycles. The van der Waals surface area contributed by atoms with Crippen LogP contribution in [-0.4, -0.2) is 25.2 Å². The van der Waals surface area contributed by atoms with Gasteiger partial charge in [-0.3, -0.25) is 0 Å². The molecule has 0 spiro atoms. The second-order valence-electron chi connectivity index (χ2n) is 3.40. The average molecular weight is 305 g/mol. The third-order valence-electron chi connectivity index (χ3n) is 2.16. The molecule has 8 heteroatoms. The molecular weight excluding hydrogens is 295 g/mol. The SMILES string of the molecule is CCOC(=O)c1ccc(OC)c(C#N)c1SC(F)(F)F. The fraction of sp³-hybridized carbons (Fsp3) is 0.333.